The Kier molecular flexibility index (Phi) is 1.56. The highest BCUT2D eigenvalue weighted by molar-refractivity contribution is 5.13. The summed E-state index contributed by atoms with van der Waals surface area (Å²) in [5.74, 6) is 0. The largest absolute Gasteiger partial charge is 0.0654 e. The molecule has 0 saturated heterocycles. The van der Waals surface area contributed by atoms with E-state index < -0.39 is 0 Å². The van der Waals surface area contributed by atoms with Crippen LogP contribution in [0.4, 0.5) is 0 Å². The monoisotopic (exact) mass is 152 g/mol. The molecule has 0 N–H and O–H groups in total. The molecule has 0 heterocycles. The van der Waals surface area contributed by atoms with Crippen molar-refractivity contribution < 1.29 is 0 Å². The molecule has 0 aromatic carbocycles. The van der Waals surface area contributed by atoms with Crippen LogP contribution < -0.4 is 0 Å². The van der Waals surface area contributed by atoms with Gasteiger partial charge >= 0.3 is 0 Å². The van der Waals surface area contributed by atoms with Crippen molar-refractivity contribution in [2.45, 2.75) is 58.8 Å². The Morgan fingerprint density at radius 2 is 1.82 bits per heavy atom. The third kappa shape index (κ3) is 0.947. The fourth-order valence-corrected chi connectivity index (χ4v) is 3.44. The molecule has 1 spiro atoms. The van der Waals surface area contributed by atoms with Crippen LogP contribution in [-0.4, -0.2) is 0 Å². The van der Waals surface area contributed by atoms with E-state index in [9.17, 15) is 0 Å². The summed E-state index contributed by atoms with van der Waals surface area (Å²) < 4.78 is 0. The molecule has 2 fully saturated rings. The second kappa shape index (κ2) is 2.24. The summed E-state index contributed by atoms with van der Waals surface area (Å²) in [5.41, 5.74) is 1.63. The van der Waals surface area contributed by atoms with Gasteiger partial charge in [0, 0.05) is 0 Å². The van der Waals surface area contributed by atoms with Crippen molar-refractivity contribution in [2.24, 2.45) is 10.8 Å². The minimum Gasteiger partial charge on any atom is -0.0654 e. The highest BCUT2D eigenvalue weighted by Gasteiger charge is 2.63. The first-order valence-corrected chi connectivity index (χ1v) is 5.22. The standard InChI is InChI=1S/C11H20/c1-3-6-10(2)9-11(10)7-4-5-8-11/h3-9H2,1-2H3. The molecule has 0 amide bonds. The van der Waals surface area contributed by atoms with Gasteiger partial charge in [0.25, 0.3) is 0 Å². The summed E-state index contributed by atoms with van der Waals surface area (Å²) >= 11 is 0. The summed E-state index contributed by atoms with van der Waals surface area (Å²) in [6.45, 7) is 4.84. The van der Waals surface area contributed by atoms with Gasteiger partial charge in [0.05, 0.1) is 0 Å². The Morgan fingerprint density at radius 1 is 1.18 bits per heavy atom. The van der Waals surface area contributed by atoms with Crippen molar-refractivity contribution in [1.82, 2.24) is 0 Å². The first-order valence-electron chi connectivity index (χ1n) is 5.22. The molecular weight excluding hydrogens is 132 g/mol. The van der Waals surface area contributed by atoms with Gasteiger partial charge in [0.1, 0.15) is 0 Å². The van der Waals surface area contributed by atoms with Crippen LogP contribution in [0.5, 0.6) is 0 Å². The summed E-state index contributed by atoms with van der Waals surface area (Å²) in [4.78, 5) is 0. The van der Waals surface area contributed by atoms with Crippen molar-refractivity contribution in [3.8, 4) is 0 Å². The van der Waals surface area contributed by atoms with Gasteiger partial charge in [-0.15, -0.1) is 0 Å². The predicted molar refractivity (Wildman–Crippen MR) is 48.5 cm³/mol. The lowest BCUT2D eigenvalue weighted by atomic mass is 9.89. The predicted octanol–water partition coefficient (Wildman–Crippen LogP) is 3.76. The molecule has 2 saturated carbocycles. The lowest BCUT2D eigenvalue weighted by molar-refractivity contribution is 0.343. The number of hydrogen-bond donors (Lipinski definition) is 0. The van der Waals surface area contributed by atoms with E-state index in [2.05, 4.69) is 13.8 Å². The summed E-state index contributed by atoms with van der Waals surface area (Å²) in [6.07, 6.45) is 10.5. The first-order chi connectivity index (χ1) is 5.22. The molecule has 64 valence electrons. The highest BCUT2D eigenvalue weighted by atomic mass is 14.7. The van der Waals surface area contributed by atoms with Crippen molar-refractivity contribution in [3.63, 3.8) is 0 Å². The topological polar surface area (TPSA) is 0 Å². The van der Waals surface area contributed by atoms with Crippen LogP contribution in [0.15, 0.2) is 0 Å². The normalized spacial score (nSPS) is 39.8. The average Bonchev–Trinajstić information content (AvgIpc) is 2.39. The van der Waals surface area contributed by atoms with Crippen LogP contribution in [-0.2, 0) is 0 Å². The minimum atomic E-state index is 0.776. The molecule has 2 aliphatic rings. The molecule has 2 rings (SSSR count). The molecule has 0 aromatic heterocycles. The van der Waals surface area contributed by atoms with Crippen LogP contribution in [0.2, 0.25) is 0 Å². The molecule has 0 nitrogen and oxygen atoms in total. The highest BCUT2D eigenvalue weighted by Crippen LogP contribution is 2.73. The van der Waals surface area contributed by atoms with E-state index in [-0.39, 0.29) is 0 Å². The summed E-state index contributed by atoms with van der Waals surface area (Å²) in [6, 6.07) is 0. The zero-order chi connectivity index (χ0) is 7.95. The maximum Gasteiger partial charge on any atom is -0.0238 e. The Balaban J connectivity index is 2.00. The van der Waals surface area contributed by atoms with E-state index in [4.69, 9.17) is 0 Å². The van der Waals surface area contributed by atoms with Gasteiger partial charge in [0.2, 0.25) is 0 Å². The molecule has 0 radical (unpaired) electrons. The molecule has 2 aliphatic carbocycles. The molecule has 1 unspecified atom stereocenters. The van der Waals surface area contributed by atoms with Crippen molar-refractivity contribution in [1.29, 1.82) is 0 Å². The van der Waals surface area contributed by atoms with Crippen molar-refractivity contribution >= 4 is 0 Å². The van der Waals surface area contributed by atoms with Gasteiger partial charge < -0.3 is 0 Å². The van der Waals surface area contributed by atoms with E-state index in [0.717, 1.165) is 10.8 Å². The molecule has 1 atom stereocenters. The maximum absolute atomic E-state index is 2.52. The Labute approximate surface area is 70.4 Å². The quantitative estimate of drug-likeness (QED) is 0.565. The fraction of sp³-hybridized carbons (Fsp3) is 1.00. The maximum atomic E-state index is 2.52. The second-order valence-electron chi connectivity index (χ2n) is 4.97. The average molecular weight is 152 g/mol. The van der Waals surface area contributed by atoms with E-state index >= 15 is 0 Å². The number of rotatable bonds is 2. The van der Waals surface area contributed by atoms with Gasteiger partial charge in [-0.1, -0.05) is 33.1 Å². The van der Waals surface area contributed by atoms with Crippen LogP contribution >= 0.6 is 0 Å². The molecule has 0 bridgehead atoms. The van der Waals surface area contributed by atoms with Gasteiger partial charge in [-0.2, -0.15) is 0 Å². The minimum absolute atomic E-state index is 0.776. The fourth-order valence-electron chi connectivity index (χ4n) is 3.44. The molecular formula is C11H20. The second-order valence-corrected chi connectivity index (χ2v) is 4.97. The Bertz CT molecular complexity index is 153. The smallest absolute Gasteiger partial charge is 0.0238 e. The molecule has 0 aromatic rings. The van der Waals surface area contributed by atoms with E-state index in [1.165, 1.54) is 25.7 Å². The van der Waals surface area contributed by atoms with Crippen molar-refractivity contribution in [3.05, 3.63) is 0 Å². The molecule has 0 heteroatoms. The van der Waals surface area contributed by atoms with Gasteiger partial charge in [-0.3, -0.25) is 0 Å². The van der Waals surface area contributed by atoms with Crippen LogP contribution in [0.25, 0.3) is 0 Å². The third-order valence-electron chi connectivity index (χ3n) is 4.25. The van der Waals surface area contributed by atoms with E-state index in [0.29, 0.717) is 0 Å². The van der Waals surface area contributed by atoms with E-state index in [1.807, 2.05) is 0 Å². The Morgan fingerprint density at radius 3 is 2.36 bits per heavy atom. The van der Waals surface area contributed by atoms with Crippen molar-refractivity contribution in [2.75, 3.05) is 0 Å². The first kappa shape index (κ1) is 7.64. The SMILES string of the molecule is CCCC1(C)CC12CCCC2. The third-order valence-corrected chi connectivity index (χ3v) is 4.25. The van der Waals surface area contributed by atoms with E-state index in [1.54, 1.807) is 19.3 Å². The molecule has 11 heavy (non-hydrogen) atoms. The van der Waals surface area contributed by atoms with Gasteiger partial charge in [-0.05, 0) is 36.5 Å². The zero-order valence-electron chi connectivity index (χ0n) is 7.95. The van der Waals surface area contributed by atoms with Crippen LogP contribution in [0, 0.1) is 10.8 Å². The number of hydrogen-bond acceptors (Lipinski definition) is 0. The lowest BCUT2D eigenvalue weighted by Gasteiger charge is -2.16. The molecule has 0 aliphatic heterocycles. The van der Waals surface area contributed by atoms with Gasteiger partial charge in [-0.25, -0.2) is 0 Å². The zero-order valence-corrected chi connectivity index (χ0v) is 7.95. The Hall–Kier alpha value is 0. The van der Waals surface area contributed by atoms with Crippen LogP contribution in [0.3, 0.4) is 0 Å². The van der Waals surface area contributed by atoms with Crippen LogP contribution in [0.1, 0.15) is 58.8 Å². The van der Waals surface area contributed by atoms with Gasteiger partial charge in [0.15, 0.2) is 0 Å². The summed E-state index contributed by atoms with van der Waals surface area (Å²) in [5, 5.41) is 0. The summed E-state index contributed by atoms with van der Waals surface area (Å²) in [7, 11) is 0. The lowest BCUT2D eigenvalue weighted by Crippen LogP contribution is -2.06.